The Morgan fingerprint density at radius 2 is 1.70 bits per heavy atom. The fourth-order valence-electron chi connectivity index (χ4n) is 4.03. The number of rotatable bonds is 0. The van der Waals surface area contributed by atoms with Crippen molar-refractivity contribution in [1.82, 2.24) is 0 Å². The molecule has 4 aromatic rings. The summed E-state index contributed by atoms with van der Waals surface area (Å²) in [6.07, 6.45) is 0. The van der Waals surface area contributed by atoms with Gasteiger partial charge in [0.05, 0.1) is 0 Å². The number of benzene rings is 3. The lowest BCUT2D eigenvalue weighted by Crippen LogP contribution is -2.14. The highest BCUT2D eigenvalue weighted by Gasteiger charge is 2.36. The highest BCUT2D eigenvalue weighted by Crippen LogP contribution is 2.54. The molecule has 0 nitrogen and oxygen atoms in total. The Morgan fingerprint density at radius 3 is 2.57 bits per heavy atom. The van der Waals surface area contributed by atoms with Gasteiger partial charge in [-0.05, 0) is 28.8 Å². The van der Waals surface area contributed by atoms with Gasteiger partial charge in [0.1, 0.15) is 0 Å². The lowest BCUT2D eigenvalue weighted by Gasteiger charge is -2.21. The molecule has 0 saturated carbocycles. The summed E-state index contributed by atoms with van der Waals surface area (Å²) in [6.45, 7) is 4.65. The van der Waals surface area contributed by atoms with E-state index in [1.54, 1.807) is 0 Å². The van der Waals surface area contributed by atoms with Crippen molar-refractivity contribution < 1.29 is 0 Å². The summed E-state index contributed by atoms with van der Waals surface area (Å²) in [7, 11) is 0. The van der Waals surface area contributed by atoms with Crippen LogP contribution in [0.25, 0.3) is 31.3 Å². The van der Waals surface area contributed by atoms with Crippen molar-refractivity contribution in [2.45, 2.75) is 19.3 Å². The van der Waals surface area contributed by atoms with E-state index in [9.17, 15) is 0 Å². The van der Waals surface area contributed by atoms with Crippen LogP contribution in [-0.4, -0.2) is 0 Å². The van der Waals surface area contributed by atoms with Crippen LogP contribution in [0.3, 0.4) is 0 Å². The van der Waals surface area contributed by atoms with Gasteiger partial charge in [-0.2, -0.15) is 0 Å². The minimum Gasteiger partial charge on any atom is -0.134 e. The second-order valence-corrected chi connectivity index (χ2v) is 8.21. The molecule has 0 radical (unpaired) electrons. The van der Waals surface area contributed by atoms with E-state index in [0.717, 1.165) is 5.02 Å². The Morgan fingerprint density at radius 1 is 0.870 bits per heavy atom. The van der Waals surface area contributed by atoms with Crippen LogP contribution in [0.1, 0.15) is 25.0 Å². The van der Waals surface area contributed by atoms with Crippen LogP contribution in [-0.2, 0) is 5.41 Å². The standard InChI is InChI=1S/C21H15ClS/c1-21(2)14-7-4-3-6-12(14)18-15(21)11-10-13-19-16(22)8-5-9-17(19)23-20(13)18/h3-11H,1-2H3. The summed E-state index contributed by atoms with van der Waals surface area (Å²) in [5.41, 5.74) is 5.68. The highest BCUT2D eigenvalue weighted by molar-refractivity contribution is 7.26. The number of thiophene rings is 1. The molecule has 0 fully saturated rings. The van der Waals surface area contributed by atoms with E-state index in [2.05, 4.69) is 56.3 Å². The van der Waals surface area contributed by atoms with Crippen LogP contribution in [0.2, 0.25) is 5.02 Å². The van der Waals surface area contributed by atoms with Crippen LogP contribution in [0.4, 0.5) is 0 Å². The maximum absolute atomic E-state index is 6.49. The largest absolute Gasteiger partial charge is 0.134 e. The summed E-state index contributed by atoms with van der Waals surface area (Å²) in [5.74, 6) is 0. The Hall–Kier alpha value is -1.83. The van der Waals surface area contributed by atoms with Gasteiger partial charge in [0.15, 0.2) is 0 Å². The third-order valence-corrected chi connectivity index (χ3v) is 6.66. The molecule has 23 heavy (non-hydrogen) atoms. The van der Waals surface area contributed by atoms with Crippen LogP contribution in [0.15, 0.2) is 54.6 Å². The molecule has 1 aliphatic carbocycles. The monoisotopic (exact) mass is 334 g/mol. The van der Waals surface area contributed by atoms with E-state index >= 15 is 0 Å². The molecule has 2 heteroatoms. The summed E-state index contributed by atoms with van der Waals surface area (Å²) in [5, 5.41) is 3.32. The maximum atomic E-state index is 6.49. The fraction of sp³-hybridized carbons (Fsp3) is 0.143. The molecule has 0 amide bonds. The predicted molar refractivity (Wildman–Crippen MR) is 102 cm³/mol. The van der Waals surface area contributed by atoms with E-state index in [1.165, 1.54) is 42.4 Å². The van der Waals surface area contributed by atoms with Crippen molar-refractivity contribution in [2.75, 3.05) is 0 Å². The summed E-state index contributed by atoms with van der Waals surface area (Å²) in [6, 6.07) is 19.6. The predicted octanol–water partition coefficient (Wildman–Crippen LogP) is 7.01. The molecule has 5 rings (SSSR count). The molecule has 0 spiro atoms. The van der Waals surface area contributed by atoms with Gasteiger partial charge in [0.2, 0.25) is 0 Å². The molecule has 1 aromatic heterocycles. The number of halogens is 1. The lowest BCUT2D eigenvalue weighted by molar-refractivity contribution is 0.661. The van der Waals surface area contributed by atoms with Crippen LogP contribution >= 0.6 is 22.9 Å². The first-order valence-corrected chi connectivity index (χ1v) is 9.02. The van der Waals surface area contributed by atoms with Gasteiger partial charge in [-0.15, -0.1) is 11.3 Å². The second-order valence-electron chi connectivity index (χ2n) is 6.75. The first-order chi connectivity index (χ1) is 11.1. The fourth-order valence-corrected chi connectivity index (χ4v) is 5.65. The highest BCUT2D eigenvalue weighted by atomic mass is 35.5. The van der Waals surface area contributed by atoms with E-state index < -0.39 is 0 Å². The average molecular weight is 335 g/mol. The third kappa shape index (κ3) is 1.62. The van der Waals surface area contributed by atoms with Crippen LogP contribution in [0.5, 0.6) is 0 Å². The van der Waals surface area contributed by atoms with Gasteiger partial charge in [0, 0.05) is 36.2 Å². The Bertz CT molecular complexity index is 1100. The molecule has 1 aliphatic rings. The van der Waals surface area contributed by atoms with Crippen molar-refractivity contribution in [3.8, 4) is 11.1 Å². The smallest absolute Gasteiger partial charge is 0.0499 e. The molecule has 0 N–H and O–H groups in total. The summed E-state index contributed by atoms with van der Waals surface area (Å²) < 4.78 is 2.63. The van der Waals surface area contributed by atoms with Crippen molar-refractivity contribution in [3.63, 3.8) is 0 Å². The van der Waals surface area contributed by atoms with E-state index in [4.69, 9.17) is 11.6 Å². The normalized spacial score (nSPS) is 15.1. The topological polar surface area (TPSA) is 0 Å². The van der Waals surface area contributed by atoms with E-state index in [0.29, 0.717) is 0 Å². The van der Waals surface area contributed by atoms with Crippen molar-refractivity contribution in [3.05, 3.63) is 70.7 Å². The average Bonchev–Trinajstić information content (AvgIpc) is 3.03. The molecule has 0 unspecified atom stereocenters. The Balaban J connectivity index is 2.02. The molecule has 112 valence electrons. The number of fused-ring (bicyclic) bond motifs is 7. The lowest BCUT2D eigenvalue weighted by atomic mass is 9.82. The Labute approximate surface area is 144 Å². The molecular formula is C21H15ClS. The first kappa shape index (κ1) is 13.6. The maximum Gasteiger partial charge on any atom is 0.0499 e. The molecular weight excluding hydrogens is 320 g/mol. The minimum absolute atomic E-state index is 0.0556. The summed E-state index contributed by atoms with van der Waals surface area (Å²) >= 11 is 8.35. The molecule has 1 heterocycles. The molecule has 0 aliphatic heterocycles. The number of hydrogen-bond donors (Lipinski definition) is 0. The van der Waals surface area contributed by atoms with Crippen LogP contribution in [0, 0.1) is 0 Å². The minimum atomic E-state index is 0.0556. The van der Waals surface area contributed by atoms with Crippen molar-refractivity contribution >= 4 is 43.1 Å². The van der Waals surface area contributed by atoms with Gasteiger partial charge in [-0.25, -0.2) is 0 Å². The van der Waals surface area contributed by atoms with Gasteiger partial charge >= 0.3 is 0 Å². The molecule has 0 atom stereocenters. The van der Waals surface area contributed by atoms with E-state index in [-0.39, 0.29) is 5.41 Å². The van der Waals surface area contributed by atoms with Gasteiger partial charge < -0.3 is 0 Å². The zero-order valence-corrected chi connectivity index (χ0v) is 14.6. The van der Waals surface area contributed by atoms with Crippen LogP contribution < -0.4 is 0 Å². The van der Waals surface area contributed by atoms with Gasteiger partial charge in [-0.1, -0.05) is 67.9 Å². The van der Waals surface area contributed by atoms with Crippen molar-refractivity contribution in [1.29, 1.82) is 0 Å². The van der Waals surface area contributed by atoms with Gasteiger partial charge in [-0.3, -0.25) is 0 Å². The second kappa shape index (κ2) is 4.37. The zero-order chi connectivity index (χ0) is 15.8. The zero-order valence-electron chi connectivity index (χ0n) is 13.0. The SMILES string of the molecule is CC1(C)c2ccccc2-c2c1ccc1c2sc2cccc(Cl)c21. The van der Waals surface area contributed by atoms with Gasteiger partial charge in [0.25, 0.3) is 0 Å². The first-order valence-electron chi connectivity index (χ1n) is 7.83. The molecule has 0 saturated heterocycles. The summed E-state index contributed by atoms with van der Waals surface area (Å²) in [4.78, 5) is 0. The molecule has 3 aromatic carbocycles. The molecule has 0 bridgehead atoms. The quantitative estimate of drug-likeness (QED) is 0.324. The third-order valence-electron chi connectivity index (χ3n) is 5.16. The van der Waals surface area contributed by atoms with E-state index in [1.807, 2.05) is 23.5 Å². The Kier molecular flexibility index (Phi) is 2.58. The van der Waals surface area contributed by atoms with Crippen molar-refractivity contribution in [2.24, 2.45) is 0 Å². The number of hydrogen-bond acceptors (Lipinski definition) is 1.